The van der Waals surface area contributed by atoms with E-state index in [-0.39, 0.29) is 10.7 Å². The molecular formula is C20H22N6O3S. The number of anilines is 1. The molecule has 0 bridgehead atoms. The first kappa shape index (κ1) is 20.2. The molecule has 1 fully saturated rings. The summed E-state index contributed by atoms with van der Waals surface area (Å²) < 4.78 is 29.2. The molecule has 30 heavy (non-hydrogen) atoms. The Kier molecular flexibility index (Phi) is 5.35. The molecule has 0 saturated carbocycles. The number of Topliss-reactive ketones (excluding diaryl/α,β-unsaturated/α-hetero) is 1. The second-order valence-electron chi connectivity index (χ2n) is 7.06. The number of hydrogen-bond acceptors (Lipinski definition) is 7. The number of aryl methyl sites for hydroxylation is 1. The quantitative estimate of drug-likeness (QED) is 0.572. The molecule has 0 aliphatic carbocycles. The summed E-state index contributed by atoms with van der Waals surface area (Å²) in [6.07, 6.45) is 3.49. The number of carbonyl (C=O) groups is 1. The first-order valence-corrected chi connectivity index (χ1v) is 11.0. The van der Waals surface area contributed by atoms with Gasteiger partial charge in [-0.15, -0.1) is 0 Å². The summed E-state index contributed by atoms with van der Waals surface area (Å²) in [6.45, 7) is 4.89. The highest BCUT2D eigenvalue weighted by atomic mass is 32.2. The number of benzene rings is 1. The van der Waals surface area contributed by atoms with Crippen LogP contribution in [0.1, 0.15) is 23.1 Å². The SMILES string of the molecule is CC(=O)c1cccc(S(=O)(=O)N2CCN(c3cc(-n4cccn4)nc(C)n3)CC2)c1. The van der Waals surface area contributed by atoms with Crippen LogP contribution in [0.5, 0.6) is 0 Å². The number of aromatic nitrogens is 4. The first-order chi connectivity index (χ1) is 14.3. The van der Waals surface area contributed by atoms with Gasteiger partial charge in [0, 0.05) is 50.2 Å². The maximum atomic E-state index is 13.0. The van der Waals surface area contributed by atoms with E-state index in [0.717, 1.165) is 5.82 Å². The lowest BCUT2D eigenvalue weighted by Gasteiger charge is -2.34. The molecule has 3 aromatic rings. The number of piperazine rings is 1. The molecule has 0 radical (unpaired) electrons. The van der Waals surface area contributed by atoms with Crippen molar-refractivity contribution in [1.82, 2.24) is 24.1 Å². The van der Waals surface area contributed by atoms with E-state index >= 15 is 0 Å². The van der Waals surface area contributed by atoms with Gasteiger partial charge in [-0.3, -0.25) is 4.79 Å². The van der Waals surface area contributed by atoms with Crippen LogP contribution in [-0.4, -0.2) is 64.4 Å². The highest BCUT2D eigenvalue weighted by molar-refractivity contribution is 7.89. The second-order valence-corrected chi connectivity index (χ2v) is 9.00. The van der Waals surface area contributed by atoms with E-state index in [1.54, 1.807) is 23.0 Å². The molecule has 4 rings (SSSR count). The molecule has 0 spiro atoms. The van der Waals surface area contributed by atoms with Crippen molar-refractivity contribution in [3.63, 3.8) is 0 Å². The van der Waals surface area contributed by atoms with Crippen LogP contribution >= 0.6 is 0 Å². The van der Waals surface area contributed by atoms with E-state index in [4.69, 9.17) is 0 Å². The molecule has 3 heterocycles. The lowest BCUT2D eigenvalue weighted by Crippen LogP contribution is -2.49. The van der Waals surface area contributed by atoms with Gasteiger partial charge in [0.2, 0.25) is 10.0 Å². The third kappa shape index (κ3) is 3.96. The third-order valence-corrected chi connectivity index (χ3v) is 6.89. The zero-order valence-corrected chi connectivity index (χ0v) is 17.6. The maximum Gasteiger partial charge on any atom is 0.243 e. The summed E-state index contributed by atoms with van der Waals surface area (Å²) >= 11 is 0. The van der Waals surface area contributed by atoms with Crippen molar-refractivity contribution in [1.29, 1.82) is 0 Å². The van der Waals surface area contributed by atoms with Crippen molar-refractivity contribution >= 4 is 21.6 Å². The predicted octanol–water partition coefficient (Wildman–Crippen LogP) is 1.68. The molecule has 0 amide bonds. The van der Waals surface area contributed by atoms with Crippen LogP contribution in [0.25, 0.3) is 5.82 Å². The van der Waals surface area contributed by atoms with Gasteiger partial charge in [0.05, 0.1) is 4.90 Å². The van der Waals surface area contributed by atoms with E-state index in [1.807, 2.05) is 30.2 Å². The van der Waals surface area contributed by atoms with E-state index in [9.17, 15) is 13.2 Å². The van der Waals surface area contributed by atoms with Crippen molar-refractivity contribution in [2.45, 2.75) is 18.7 Å². The molecule has 1 aromatic carbocycles. The minimum atomic E-state index is -3.67. The molecule has 2 aromatic heterocycles. The van der Waals surface area contributed by atoms with Gasteiger partial charge in [0.25, 0.3) is 0 Å². The average molecular weight is 427 g/mol. The number of hydrogen-bond donors (Lipinski definition) is 0. The Bertz CT molecular complexity index is 1170. The Balaban J connectivity index is 1.52. The van der Waals surface area contributed by atoms with Crippen LogP contribution in [-0.2, 0) is 10.0 Å². The van der Waals surface area contributed by atoms with Gasteiger partial charge in [-0.05, 0) is 32.0 Å². The molecule has 1 saturated heterocycles. The van der Waals surface area contributed by atoms with Crippen molar-refractivity contribution in [3.05, 3.63) is 60.2 Å². The first-order valence-electron chi connectivity index (χ1n) is 9.56. The van der Waals surface area contributed by atoms with Gasteiger partial charge in [-0.25, -0.2) is 23.1 Å². The highest BCUT2D eigenvalue weighted by Gasteiger charge is 2.29. The lowest BCUT2D eigenvalue weighted by molar-refractivity contribution is 0.101. The zero-order valence-electron chi connectivity index (χ0n) is 16.8. The largest absolute Gasteiger partial charge is 0.354 e. The van der Waals surface area contributed by atoms with Gasteiger partial charge in [-0.1, -0.05) is 12.1 Å². The number of nitrogens with zero attached hydrogens (tertiary/aromatic N) is 6. The van der Waals surface area contributed by atoms with Crippen LogP contribution in [0.15, 0.2) is 53.7 Å². The molecule has 10 heteroatoms. The number of ketones is 1. The summed E-state index contributed by atoms with van der Waals surface area (Å²) in [5.74, 6) is 1.86. The van der Waals surface area contributed by atoms with E-state index in [2.05, 4.69) is 15.1 Å². The Morgan fingerprint density at radius 1 is 1.00 bits per heavy atom. The highest BCUT2D eigenvalue weighted by Crippen LogP contribution is 2.22. The van der Waals surface area contributed by atoms with Crippen LogP contribution in [0.2, 0.25) is 0 Å². The Labute approximate surface area is 175 Å². The van der Waals surface area contributed by atoms with Crippen molar-refractivity contribution < 1.29 is 13.2 Å². The molecule has 0 atom stereocenters. The predicted molar refractivity (Wildman–Crippen MR) is 111 cm³/mol. The van der Waals surface area contributed by atoms with Crippen molar-refractivity contribution in [3.8, 4) is 5.82 Å². The number of rotatable bonds is 5. The van der Waals surface area contributed by atoms with Gasteiger partial charge < -0.3 is 4.90 Å². The van der Waals surface area contributed by atoms with Gasteiger partial charge >= 0.3 is 0 Å². The summed E-state index contributed by atoms with van der Waals surface area (Å²) in [7, 11) is -3.67. The minimum absolute atomic E-state index is 0.141. The van der Waals surface area contributed by atoms with Crippen molar-refractivity contribution in [2.24, 2.45) is 0 Å². The number of carbonyl (C=O) groups excluding carboxylic acids is 1. The van der Waals surface area contributed by atoms with E-state index < -0.39 is 10.0 Å². The van der Waals surface area contributed by atoms with Crippen molar-refractivity contribution in [2.75, 3.05) is 31.1 Å². The standard InChI is InChI=1S/C20H22N6O3S/c1-15(27)17-5-3-6-18(13-17)30(28,29)25-11-9-24(10-12-25)19-14-20(23-16(2)22-19)26-8-4-7-21-26/h3-8,13-14H,9-12H2,1-2H3. The fourth-order valence-electron chi connectivity index (χ4n) is 3.40. The van der Waals surface area contributed by atoms with E-state index in [1.165, 1.54) is 23.4 Å². The molecule has 1 aliphatic heterocycles. The minimum Gasteiger partial charge on any atom is -0.354 e. The smallest absolute Gasteiger partial charge is 0.243 e. The third-order valence-electron chi connectivity index (χ3n) is 4.99. The second kappa shape index (κ2) is 7.96. The topological polar surface area (TPSA) is 101 Å². The van der Waals surface area contributed by atoms with Gasteiger partial charge in [-0.2, -0.15) is 9.40 Å². The van der Waals surface area contributed by atoms with Gasteiger partial charge in [0.1, 0.15) is 11.6 Å². The summed E-state index contributed by atoms with van der Waals surface area (Å²) in [6, 6.07) is 9.85. The Morgan fingerprint density at radius 2 is 1.73 bits per heavy atom. The average Bonchev–Trinajstić information content (AvgIpc) is 3.28. The number of sulfonamides is 1. The fraction of sp³-hybridized carbons (Fsp3) is 0.300. The maximum absolute atomic E-state index is 13.0. The summed E-state index contributed by atoms with van der Waals surface area (Å²) in [5, 5.41) is 4.21. The molecule has 0 unspecified atom stereocenters. The zero-order chi connectivity index (χ0) is 21.3. The molecule has 9 nitrogen and oxygen atoms in total. The van der Waals surface area contributed by atoms with Crippen LogP contribution in [0.4, 0.5) is 5.82 Å². The summed E-state index contributed by atoms with van der Waals surface area (Å²) in [5.41, 5.74) is 0.386. The Hall–Kier alpha value is -3.11. The molecule has 156 valence electrons. The van der Waals surface area contributed by atoms with E-state index in [0.29, 0.717) is 43.4 Å². The Morgan fingerprint density at radius 3 is 2.40 bits per heavy atom. The molecule has 0 N–H and O–H groups in total. The monoisotopic (exact) mass is 426 g/mol. The fourth-order valence-corrected chi connectivity index (χ4v) is 4.87. The van der Waals surface area contributed by atoms with Crippen LogP contribution in [0, 0.1) is 6.92 Å². The molecular weight excluding hydrogens is 404 g/mol. The summed E-state index contributed by atoms with van der Waals surface area (Å²) in [4.78, 5) is 22.7. The molecule has 1 aliphatic rings. The lowest BCUT2D eigenvalue weighted by atomic mass is 10.2. The van der Waals surface area contributed by atoms with Crippen LogP contribution in [0.3, 0.4) is 0 Å². The van der Waals surface area contributed by atoms with Crippen LogP contribution < -0.4 is 4.90 Å². The normalized spacial score (nSPS) is 15.3. The van der Waals surface area contributed by atoms with Gasteiger partial charge in [0.15, 0.2) is 11.6 Å².